The van der Waals surface area contributed by atoms with Crippen molar-refractivity contribution in [2.45, 2.75) is 13.0 Å². The fraction of sp³-hybridized carbons (Fsp3) is 0.115. The van der Waals surface area contributed by atoms with Crippen LogP contribution in [-0.4, -0.2) is 49.0 Å². The van der Waals surface area contributed by atoms with Crippen LogP contribution in [0.15, 0.2) is 65.6 Å². The van der Waals surface area contributed by atoms with E-state index in [-0.39, 0.29) is 47.2 Å². The first-order valence-electron chi connectivity index (χ1n) is 10.9. The molecule has 4 aromatic rings. The molecule has 2 amide bonds. The molecule has 11 heteroatoms. The summed E-state index contributed by atoms with van der Waals surface area (Å²) >= 11 is 0. The number of amides is 2. The van der Waals surface area contributed by atoms with Crippen LogP contribution >= 0.6 is 0 Å². The van der Waals surface area contributed by atoms with Gasteiger partial charge in [0.15, 0.2) is 11.3 Å². The Kier molecular flexibility index (Phi) is 6.56. The summed E-state index contributed by atoms with van der Waals surface area (Å²) in [6, 6.07) is 13.7. The minimum absolute atomic E-state index is 0. The SMILES string of the molecule is N.O=C(O)c1c(O)c2ncc(Cc3ccc(F)cc3)cc2n(CCN2C(=O)c3ccccc3C2=O)c1=O. The van der Waals surface area contributed by atoms with Gasteiger partial charge in [-0.2, -0.15) is 0 Å². The Labute approximate surface area is 208 Å². The van der Waals surface area contributed by atoms with Gasteiger partial charge in [0.05, 0.1) is 16.6 Å². The van der Waals surface area contributed by atoms with E-state index < -0.39 is 34.7 Å². The van der Waals surface area contributed by atoms with Crippen LogP contribution in [0, 0.1) is 5.82 Å². The van der Waals surface area contributed by atoms with E-state index in [0.29, 0.717) is 12.0 Å². The molecule has 0 saturated heterocycles. The average molecular weight is 504 g/mol. The van der Waals surface area contributed by atoms with E-state index in [2.05, 4.69) is 4.98 Å². The number of rotatable bonds is 6. The first kappa shape index (κ1) is 25.2. The van der Waals surface area contributed by atoms with Gasteiger partial charge in [0.25, 0.3) is 17.4 Å². The number of halogens is 1. The zero-order valence-electron chi connectivity index (χ0n) is 19.3. The lowest BCUT2D eigenvalue weighted by molar-refractivity contribution is 0.0642. The molecule has 0 radical (unpaired) electrons. The van der Waals surface area contributed by atoms with Crippen molar-refractivity contribution in [2.75, 3.05) is 6.54 Å². The molecule has 0 atom stereocenters. The van der Waals surface area contributed by atoms with E-state index in [9.17, 15) is 33.8 Å². The minimum atomic E-state index is -1.63. The zero-order chi connectivity index (χ0) is 25.6. The highest BCUT2D eigenvalue weighted by atomic mass is 19.1. The first-order valence-corrected chi connectivity index (χ1v) is 10.9. The number of benzene rings is 2. The quantitative estimate of drug-likeness (QED) is 0.337. The van der Waals surface area contributed by atoms with Crippen LogP contribution in [0.5, 0.6) is 5.75 Å². The number of carboxylic acids is 1. The van der Waals surface area contributed by atoms with Crippen molar-refractivity contribution in [1.29, 1.82) is 0 Å². The second-order valence-corrected chi connectivity index (χ2v) is 8.31. The molecule has 188 valence electrons. The number of nitrogens with zero attached hydrogens (tertiary/aromatic N) is 3. The lowest BCUT2D eigenvalue weighted by Crippen LogP contribution is -2.36. The molecule has 5 rings (SSSR count). The Morgan fingerprint density at radius 2 is 1.54 bits per heavy atom. The molecule has 1 aliphatic heterocycles. The normalized spacial score (nSPS) is 12.5. The molecule has 0 bridgehead atoms. The van der Waals surface area contributed by atoms with Crippen molar-refractivity contribution in [3.63, 3.8) is 0 Å². The molecule has 2 aromatic carbocycles. The summed E-state index contributed by atoms with van der Waals surface area (Å²) in [5, 5.41) is 20.0. The van der Waals surface area contributed by atoms with Gasteiger partial charge in [-0.05, 0) is 47.9 Å². The Morgan fingerprint density at radius 1 is 0.919 bits per heavy atom. The third kappa shape index (κ3) is 4.32. The molecule has 0 spiro atoms. The number of carboxylic acid groups (broad SMARTS) is 1. The van der Waals surface area contributed by atoms with Crippen molar-refractivity contribution < 1.29 is 29.0 Å². The zero-order valence-corrected chi connectivity index (χ0v) is 19.3. The van der Waals surface area contributed by atoms with Crippen LogP contribution in [-0.2, 0) is 13.0 Å². The Bertz CT molecular complexity index is 1600. The number of hydrogen-bond acceptors (Lipinski definition) is 7. The Hall–Kier alpha value is -4.90. The van der Waals surface area contributed by atoms with Gasteiger partial charge in [-0.25, -0.2) is 9.18 Å². The Balaban J connectivity index is 0.00000320. The van der Waals surface area contributed by atoms with E-state index in [1.54, 1.807) is 30.3 Å². The summed E-state index contributed by atoms with van der Waals surface area (Å²) in [6.45, 7) is -0.420. The number of aromatic hydroxyl groups is 1. The number of aromatic carboxylic acids is 1. The van der Waals surface area contributed by atoms with Crippen LogP contribution in [0.25, 0.3) is 11.0 Å². The van der Waals surface area contributed by atoms with Gasteiger partial charge >= 0.3 is 5.97 Å². The van der Waals surface area contributed by atoms with Gasteiger partial charge in [0, 0.05) is 19.3 Å². The number of hydrogen-bond donors (Lipinski definition) is 3. The maximum absolute atomic E-state index is 13.3. The summed E-state index contributed by atoms with van der Waals surface area (Å²) in [7, 11) is 0. The van der Waals surface area contributed by atoms with Crippen molar-refractivity contribution in [3.05, 3.63) is 105 Å². The molecule has 0 saturated carbocycles. The summed E-state index contributed by atoms with van der Waals surface area (Å²) in [5.41, 5.74) is 0.0542. The van der Waals surface area contributed by atoms with E-state index in [1.807, 2.05) is 0 Å². The van der Waals surface area contributed by atoms with Gasteiger partial charge < -0.3 is 20.9 Å². The molecule has 0 aliphatic carbocycles. The maximum Gasteiger partial charge on any atom is 0.345 e. The minimum Gasteiger partial charge on any atom is -0.505 e. The van der Waals surface area contributed by atoms with Gasteiger partial charge in [0.2, 0.25) is 0 Å². The number of imide groups is 1. The summed E-state index contributed by atoms with van der Waals surface area (Å²) in [4.78, 5) is 55.5. The largest absolute Gasteiger partial charge is 0.505 e. The predicted octanol–water partition coefficient (Wildman–Crippen LogP) is 2.99. The molecular formula is C26H21FN4O6. The molecule has 0 fully saturated rings. The fourth-order valence-electron chi connectivity index (χ4n) is 4.34. The third-order valence-corrected chi connectivity index (χ3v) is 6.10. The van der Waals surface area contributed by atoms with Gasteiger partial charge in [0.1, 0.15) is 11.3 Å². The van der Waals surface area contributed by atoms with Crippen molar-refractivity contribution in [2.24, 2.45) is 0 Å². The van der Waals surface area contributed by atoms with E-state index in [4.69, 9.17) is 0 Å². The van der Waals surface area contributed by atoms with Crippen LogP contribution in [0.4, 0.5) is 4.39 Å². The molecule has 37 heavy (non-hydrogen) atoms. The van der Waals surface area contributed by atoms with E-state index >= 15 is 0 Å². The topological polar surface area (TPSA) is 165 Å². The molecular weight excluding hydrogens is 483 g/mol. The fourth-order valence-corrected chi connectivity index (χ4v) is 4.34. The lowest BCUT2D eigenvalue weighted by atomic mass is 10.1. The standard InChI is InChI=1S/C26H18FN3O6.H3N/c27-16-7-5-14(6-8-16)11-15-12-19-21(28-13-15)22(31)20(26(35)36)25(34)29(19)9-10-30-23(32)17-3-1-2-4-18(17)24(30)33;/h1-8,12-13,31H,9-11H2,(H,35,36);1H3. The summed E-state index contributed by atoms with van der Waals surface area (Å²) in [5.74, 6) is -3.82. The number of pyridine rings is 2. The first-order chi connectivity index (χ1) is 17.3. The van der Waals surface area contributed by atoms with Crippen molar-refractivity contribution in [1.82, 2.24) is 20.6 Å². The highest BCUT2D eigenvalue weighted by molar-refractivity contribution is 6.21. The average Bonchev–Trinajstić information content (AvgIpc) is 3.10. The van der Waals surface area contributed by atoms with Gasteiger partial charge in [-0.3, -0.25) is 24.3 Å². The van der Waals surface area contributed by atoms with E-state index in [0.717, 1.165) is 15.0 Å². The second kappa shape index (κ2) is 9.63. The van der Waals surface area contributed by atoms with Crippen molar-refractivity contribution >= 4 is 28.8 Å². The highest BCUT2D eigenvalue weighted by Gasteiger charge is 2.35. The van der Waals surface area contributed by atoms with Gasteiger partial charge in [-0.1, -0.05) is 24.3 Å². The third-order valence-electron chi connectivity index (χ3n) is 6.10. The van der Waals surface area contributed by atoms with Crippen LogP contribution in [0.2, 0.25) is 0 Å². The number of fused-ring (bicyclic) bond motifs is 2. The molecule has 5 N–H and O–H groups in total. The van der Waals surface area contributed by atoms with Crippen LogP contribution in [0.1, 0.15) is 42.2 Å². The molecule has 3 heterocycles. The molecule has 0 unspecified atom stereocenters. The smallest absolute Gasteiger partial charge is 0.345 e. The number of aromatic nitrogens is 2. The summed E-state index contributed by atoms with van der Waals surface area (Å²) in [6.07, 6.45) is 1.76. The van der Waals surface area contributed by atoms with Crippen LogP contribution in [0.3, 0.4) is 0 Å². The lowest BCUT2D eigenvalue weighted by Gasteiger charge is -2.18. The molecule has 1 aliphatic rings. The molecule has 2 aromatic heterocycles. The number of carbonyl (C=O) groups is 3. The maximum atomic E-state index is 13.3. The molecule has 10 nitrogen and oxygen atoms in total. The van der Waals surface area contributed by atoms with Gasteiger partial charge in [-0.15, -0.1) is 0 Å². The van der Waals surface area contributed by atoms with Crippen LogP contribution < -0.4 is 11.7 Å². The predicted molar refractivity (Wildman–Crippen MR) is 131 cm³/mol. The second-order valence-electron chi connectivity index (χ2n) is 8.31. The monoisotopic (exact) mass is 504 g/mol. The number of carbonyl (C=O) groups excluding carboxylic acids is 2. The summed E-state index contributed by atoms with van der Waals surface area (Å²) < 4.78 is 14.3. The Morgan fingerprint density at radius 3 is 2.14 bits per heavy atom. The highest BCUT2D eigenvalue weighted by Crippen LogP contribution is 2.27. The van der Waals surface area contributed by atoms with E-state index in [1.165, 1.54) is 30.5 Å². The van der Waals surface area contributed by atoms with Crippen molar-refractivity contribution in [3.8, 4) is 5.75 Å².